The molecular formula is C24H25N5O5. The lowest BCUT2D eigenvalue weighted by Crippen LogP contribution is -2.29. The maximum Gasteiger partial charge on any atom is 0.231 e. The molecular weight excluding hydrogens is 438 g/mol. The van der Waals surface area contributed by atoms with Gasteiger partial charge in [0.2, 0.25) is 11.8 Å². The molecule has 2 heterocycles. The summed E-state index contributed by atoms with van der Waals surface area (Å²) in [7, 11) is 4.75. The van der Waals surface area contributed by atoms with Crippen LogP contribution in [0.3, 0.4) is 0 Å². The second-order valence-electron chi connectivity index (χ2n) is 7.26. The average Bonchev–Trinajstić information content (AvgIpc) is 3.29. The lowest BCUT2D eigenvalue weighted by Gasteiger charge is -2.09. The zero-order chi connectivity index (χ0) is 23.9. The van der Waals surface area contributed by atoms with Crippen molar-refractivity contribution in [2.45, 2.75) is 6.42 Å². The molecule has 1 amide bonds. The fourth-order valence-corrected chi connectivity index (χ4v) is 3.38. The van der Waals surface area contributed by atoms with Gasteiger partial charge in [0, 0.05) is 11.6 Å². The van der Waals surface area contributed by atoms with Crippen molar-refractivity contribution in [3.05, 3.63) is 60.2 Å². The fraction of sp³-hybridized carbons (Fsp3) is 0.250. The number of hydrogen-bond acceptors (Lipinski definition) is 8. The lowest BCUT2D eigenvalue weighted by molar-refractivity contribution is -0.120. The van der Waals surface area contributed by atoms with Crippen LogP contribution >= 0.6 is 0 Å². The van der Waals surface area contributed by atoms with Gasteiger partial charge in [-0.25, -0.2) is 0 Å². The molecule has 0 unspecified atom stereocenters. The van der Waals surface area contributed by atoms with Gasteiger partial charge in [-0.05, 0) is 42.0 Å². The van der Waals surface area contributed by atoms with Gasteiger partial charge in [0.15, 0.2) is 23.0 Å². The highest BCUT2D eigenvalue weighted by molar-refractivity contribution is 5.78. The lowest BCUT2D eigenvalue weighted by atomic mass is 10.1. The van der Waals surface area contributed by atoms with Gasteiger partial charge < -0.3 is 24.3 Å². The molecule has 0 radical (unpaired) electrons. The summed E-state index contributed by atoms with van der Waals surface area (Å²) < 4.78 is 23.2. The van der Waals surface area contributed by atoms with Crippen LogP contribution in [0.15, 0.2) is 54.6 Å². The molecule has 10 heteroatoms. The van der Waals surface area contributed by atoms with E-state index in [0.29, 0.717) is 35.4 Å². The van der Waals surface area contributed by atoms with Gasteiger partial charge in [0.25, 0.3) is 0 Å². The van der Waals surface area contributed by atoms with Crippen molar-refractivity contribution in [3.63, 3.8) is 0 Å². The van der Waals surface area contributed by atoms with Gasteiger partial charge in [-0.15, -0.1) is 15.3 Å². The standard InChI is InChI=1S/C24H25N5O5/c1-31-18-6-4-5-16(13-18)14-22(30)25-11-12-34-23-10-9-21-26-27-24(29(21)28-23)17-7-8-19(32-2)20(15-17)33-3/h4-10,13,15H,11-12,14H2,1-3H3,(H,25,30). The average molecular weight is 463 g/mol. The summed E-state index contributed by atoms with van der Waals surface area (Å²) in [6, 6.07) is 16.3. The number of aromatic nitrogens is 4. The summed E-state index contributed by atoms with van der Waals surface area (Å²) in [6.07, 6.45) is 0.261. The molecule has 0 fully saturated rings. The molecule has 2 aromatic heterocycles. The van der Waals surface area contributed by atoms with Gasteiger partial charge >= 0.3 is 0 Å². The van der Waals surface area contributed by atoms with Crippen molar-refractivity contribution >= 4 is 11.6 Å². The van der Waals surface area contributed by atoms with E-state index in [0.717, 1.165) is 16.9 Å². The van der Waals surface area contributed by atoms with Crippen molar-refractivity contribution in [2.24, 2.45) is 0 Å². The number of hydrogen-bond donors (Lipinski definition) is 1. The molecule has 0 aliphatic heterocycles. The molecule has 1 N–H and O–H groups in total. The van der Waals surface area contributed by atoms with Crippen molar-refractivity contribution in [2.75, 3.05) is 34.5 Å². The van der Waals surface area contributed by atoms with E-state index in [9.17, 15) is 4.79 Å². The smallest absolute Gasteiger partial charge is 0.231 e. The second-order valence-corrected chi connectivity index (χ2v) is 7.26. The zero-order valence-corrected chi connectivity index (χ0v) is 19.1. The van der Waals surface area contributed by atoms with Gasteiger partial charge in [-0.2, -0.15) is 4.52 Å². The Morgan fingerprint density at radius 3 is 2.59 bits per heavy atom. The number of amides is 1. The van der Waals surface area contributed by atoms with Crippen LogP contribution in [0.4, 0.5) is 0 Å². The van der Waals surface area contributed by atoms with E-state index in [1.807, 2.05) is 36.4 Å². The minimum Gasteiger partial charge on any atom is -0.497 e. The molecule has 4 aromatic rings. The molecule has 2 aromatic carbocycles. The quantitative estimate of drug-likeness (QED) is 0.358. The topological polar surface area (TPSA) is 109 Å². The fourth-order valence-electron chi connectivity index (χ4n) is 3.38. The first-order valence-electron chi connectivity index (χ1n) is 10.6. The van der Waals surface area contributed by atoms with Gasteiger partial charge in [0.05, 0.1) is 34.3 Å². The summed E-state index contributed by atoms with van der Waals surface area (Å²) >= 11 is 0. The van der Waals surface area contributed by atoms with Crippen LogP contribution in [-0.2, 0) is 11.2 Å². The molecule has 0 aliphatic carbocycles. The van der Waals surface area contributed by atoms with E-state index in [2.05, 4.69) is 20.6 Å². The molecule has 10 nitrogen and oxygen atoms in total. The molecule has 176 valence electrons. The first kappa shape index (κ1) is 22.8. The highest BCUT2D eigenvalue weighted by Gasteiger charge is 2.14. The van der Waals surface area contributed by atoms with Crippen molar-refractivity contribution in [1.29, 1.82) is 0 Å². The van der Waals surface area contributed by atoms with Crippen molar-refractivity contribution < 1.29 is 23.7 Å². The molecule has 4 rings (SSSR count). The highest BCUT2D eigenvalue weighted by atomic mass is 16.5. The third-order valence-corrected chi connectivity index (χ3v) is 5.05. The number of carbonyl (C=O) groups is 1. The van der Waals surface area contributed by atoms with Gasteiger partial charge in [0.1, 0.15) is 12.4 Å². The third-order valence-electron chi connectivity index (χ3n) is 5.05. The van der Waals surface area contributed by atoms with E-state index in [-0.39, 0.29) is 18.9 Å². The Balaban J connectivity index is 1.37. The van der Waals surface area contributed by atoms with Crippen LogP contribution < -0.4 is 24.3 Å². The van der Waals surface area contributed by atoms with E-state index in [1.165, 1.54) is 0 Å². The van der Waals surface area contributed by atoms with Crippen molar-refractivity contribution in [1.82, 2.24) is 25.1 Å². The van der Waals surface area contributed by atoms with Gasteiger partial charge in [-0.1, -0.05) is 12.1 Å². The Morgan fingerprint density at radius 2 is 1.79 bits per heavy atom. The Hall–Kier alpha value is -4.34. The normalized spacial score (nSPS) is 10.7. The summed E-state index contributed by atoms with van der Waals surface area (Å²) in [5.41, 5.74) is 2.21. The van der Waals surface area contributed by atoms with Crippen molar-refractivity contribution in [3.8, 4) is 34.5 Å². The first-order chi connectivity index (χ1) is 16.6. The number of benzene rings is 2. The van der Waals surface area contributed by atoms with Crippen LogP contribution in [0.2, 0.25) is 0 Å². The SMILES string of the molecule is COc1cccc(CC(=O)NCCOc2ccc3nnc(-c4ccc(OC)c(OC)c4)n3n2)c1. The minimum absolute atomic E-state index is 0.102. The van der Waals surface area contributed by atoms with E-state index in [1.54, 1.807) is 44.0 Å². The Bertz CT molecular complexity index is 1290. The Morgan fingerprint density at radius 1 is 0.941 bits per heavy atom. The number of methoxy groups -OCH3 is 3. The van der Waals surface area contributed by atoms with Crippen LogP contribution in [0.5, 0.6) is 23.1 Å². The molecule has 0 aliphatic rings. The molecule has 34 heavy (non-hydrogen) atoms. The van der Waals surface area contributed by atoms with E-state index < -0.39 is 0 Å². The number of nitrogens with zero attached hydrogens (tertiary/aromatic N) is 4. The Kier molecular flexibility index (Phi) is 7.07. The van der Waals surface area contributed by atoms with E-state index in [4.69, 9.17) is 18.9 Å². The predicted octanol–water partition coefficient (Wildman–Crippen LogP) is 2.55. The summed E-state index contributed by atoms with van der Waals surface area (Å²) in [6.45, 7) is 0.601. The van der Waals surface area contributed by atoms with Crippen LogP contribution in [0.25, 0.3) is 17.0 Å². The molecule has 0 saturated carbocycles. The Labute approximate surface area is 196 Å². The highest BCUT2D eigenvalue weighted by Crippen LogP contribution is 2.31. The second kappa shape index (κ2) is 10.5. The summed E-state index contributed by atoms with van der Waals surface area (Å²) in [4.78, 5) is 12.2. The molecule has 0 saturated heterocycles. The molecule has 0 atom stereocenters. The van der Waals surface area contributed by atoms with Crippen LogP contribution in [-0.4, -0.2) is 60.2 Å². The minimum atomic E-state index is -0.102. The number of carbonyl (C=O) groups excluding carboxylic acids is 1. The predicted molar refractivity (Wildman–Crippen MR) is 125 cm³/mol. The zero-order valence-electron chi connectivity index (χ0n) is 19.1. The third kappa shape index (κ3) is 5.17. The first-order valence-corrected chi connectivity index (χ1v) is 10.6. The number of nitrogens with one attached hydrogen (secondary N) is 1. The molecule has 0 spiro atoms. The summed E-state index contributed by atoms with van der Waals surface area (Å²) in [5.74, 6) is 2.73. The largest absolute Gasteiger partial charge is 0.497 e. The maximum absolute atomic E-state index is 12.2. The van der Waals surface area contributed by atoms with Crippen LogP contribution in [0.1, 0.15) is 5.56 Å². The number of fused-ring (bicyclic) bond motifs is 1. The van der Waals surface area contributed by atoms with E-state index >= 15 is 0 Å². The summed E-state index contributed by atoms with van der Waals surface area (Å²) in [5, 5.41) is 15.7. The maximum atomic E-state index is 12.2. The number of ether oxygens (including phenoxy) is 4. The van der Waals surface area contributed by atoms with Gasteiger partial charge in [-0.3, -0.25) is 4.79 Å². The molecule has 0 bridgehead atoms. The number of rotatable bonds is 10. The monoisotopic (exact) mass is 463 g/mol. The van der Waals surface area contributed by atoms with Crippen LogP contribution in [0, 0.1) is 0 Å².